The molecule has 4 rings (SSSR count). The van der Waals surface area contributed by atoms with Crippen molar-refractivity contribution in [3.63, 3.8) is 0 Å². The van der Waals surface area contributed by atoms with Crippen LogP contribution in [-0.2, 0) is 6.54 Å². The van der Waals surface area contributed by atoms with Crippen molar-refractivity contribution in [3.05, 3.63) is 96.2 Å². The highest BCUT2D eigenvalue weighted by molar-refractivity contribution is 6.16. The van der Waals surface area contributed by atoms with Gasteiger partial charge in [-0.1, -0.05) is 92.6 Å². The topological polar surface area (TPSA) is 22.0 Å². The lowest BCUT2D eigenvalue weighted by Gasteiger charge is -2.04. The number of carbonyl (C=O) groups is 1. The number of benzene rings is 3. The molecule has 0 amide bonds. The van der Waals surface area contributed by atoms with E-state index in [-0.39, 0.29) is 5.78 Å². The van der Waals surface area contributed by atoms with Crippen LogP contribution in [0.25, 0.3) is 22.0 Å². The van der Waals surface area contributed by atoms with Crippen molar-refractivity contribution in [2.45, 2.75) is 32.7 Å². The van der Waals surface area contributed by atoms with Crippen molar-refractivity contribution in [2.24, 2.45) is 0 Å². The van der Waals surface area contributed by atoms with Crippen molar-refractivity contribution >= 4 is 16.7 Å². The molecule has 1 heterocycles. The van der Waals surface area contributed by atoms with Gasteiger partial charge in [-0.25, -0.2) is 0 Å². The first kappa shape index (κ1) is 18.2. The van der Waals surface area contributed by atoms with Crippen LogP contribution in [0, 0.1) is 0 Å². The predicted octanol–water partition coefficient (Wildman–Crippen LogP) is 6.73. The molecule has 0 atom stereocenters. The minimum atomic E-state index is 0.0880. The van der Waals surface area contributed by atoms with Gasteiger partial charge in [-0.2, -0.15) is 0 Å². The Hall–Kier alpha value is -3.13. The van der Waals surface area contributed by atoms with Gasteiger partial charge in [-0.15, -0.1) is 0 Å². The number of ketones is 1. The molecule has 1 aromatic heterocycles. The molecule has 0 spiro atoms. The van der Waals surface area contributed by atoms with Gasteiger partial charge in [-0.3, -0.25) is 4.79 Å². The molecule has 140 valence electrons. The maximum atomic E-state index is 13.2. The Morgan fingerprint density at radius 3 is 2.21 bits per heavy atom. The molecule has 0 bridgehead atoms. The van der Waals surface area contributed by atoms with Crippen LogP contribution in [0.2, 0.25) is 0 Å². The molecule has 0 N–H and O–H groups in total. The van der Waals surface area contributed by atoms with E-state index < -0.39 is 0 Å². The van der Waals surface area contributed by atoms with Gasteiger partial charge in [0.15, 0.2) is 5.78 Å². The molecule has 2 heteroatoms. The van der Waals surface area contributed by atoms with Gasteiger partial charge in [0.05, 0.1) is 0 Å². The summed E-state index contributed by atoms with van der Waals surface area (Å²) in [5.74, 6) is 0.0880. The van der Waals surface area contributed by atoms with Crippen LogP contribution in [-0.4, -0.2) is 10.4 Å². The first-order chi connectivity index (χ1) is 13.8. The van der Waals surface area contributed by atoms with Crippen LogP contribution in [0.1, 0.15) is 42.1 Å². The number of aromatic nitrogens is 1. The third-order valence-corrected chi connectivity index (χ3v) is 5.29. The lowest BCUT2D eigenvalue weighted by molar-refractivity contribution is 0.104. The summed E-state index contributed by atoms with van der Waals surface area (Å²) in [4.78, 5) is 13.2. The summed E-state index contributed by atoms with van der Waals surface area (Å²) in [5, 5.41) is 1.04. The van der Waals surface area contributed by atoms with Crippen LogP contribution < -0.4 is 0 Å². The number of para-hydroxylation sites is 1. The first-order valence-electron chi connectivity index (χ1n) is 10.1. The summed E-state index contributed by atoms with van der Waals surface area (Å²) in [6.45, 7) is 3.16. The molecule has 0 unspecified atom stereocenters. The molecule has 2 nitrogen and oxygen atoms in total. The fraction of sp³-hybridized carbons (Fsp3) is 0.192. The Bertz CT molecular complexity index is 1070. The molecule has 0 radical (unpaired) electrons. The number of hydrogen-bond acceptors (Lipinski definition) is 1. The zero-order chi connectivity index (χ0) is 19.3. The van der Waals surface area contributed by atoms with E-state index in [1.54, 1.807) is 0 Å². The summed E-state index contributed by atoms with van der Waals surface area (Å²) in [6, 6.07) is 26.4. The molecular formula is C26H25NO. The predicted molar refractivity (Wildman–Crippen MR) is 117 cm³/mol. The van der Waals surface area contributed by atoms with E-state index in [1.165, 1.54) is 12.8 Å². The highest BCUT2D eigenvalue weighted by atomic mass is 16.1. The molecule has 0 fully saturated rings. The molecule has 0 aliphatic rings. The second-order valence-corrected chi connectivity index (χ2v) is 7.23. The quantitative estimate of drug-likeness (QED) is 0.262. The van der Waals surface area contributed by atoms with Gasteiger partial charge in [0.1, 0.15) is 0 Å². The molecule has 0 saturated heterocycles. The SMILES string of the molecule is CCCCCn1cc(C(=O)c2ccc(-c3ccccc3)cc2)c2ccccc21. The van der Waals surface area contributed by atoms with Crippen LogP contribution >= 0.6 is 0 Å². The molecule has 0 saturated carbocycles. The second-order valence-electron chi connectivity index (χ2n) is 7.23. The summed E-state index contributed by atoms with van der Waals surface area (Å²) < 4.78 is 2.23. The van der Waals surface area contributed by atoms with E-state index in [4.69, 9.17) is 0 Å². The number of unbranched alkanes of at least 4 members (excludes halogenated alkanes) is 2. The van der Waals surface area contributed by atoms with E-state index in [9.17, 15) is 4.79 Å². The number of aryl methyl sites for hydroxylation is 1. The minimum absolute atomic E-state index is 0.0880. The third-order valence-electron chi connectivity index (χ3n) is 5.29. The number of rotatable bonds is 7. The summed E-state index contributed by atoms with van der Waals surface area (Å²) in [5.41, 5.74) is 4.95. The highest BCUT2D eigenvalue weighted by Gasteiger charge is 2.16. The zero-order valence-electron chi connectivity index (χ0n) is 16.3. The average molecular weight is 367 g/mol. The summed E-state index contributed by atoms with van der Waals surface area (Å²) in [7, 11) is 0. The Kier molecular flexibility index (Phi) is 5.38. The van der Waals surface area contributed by atoms with E-state index in [1.807, 2.05) is 60.8 Å². The van der Waals surface area contributed by atoms with Gasteiger partial charge in [0.25, 0.3) is 0 Å². The monoisotopic (exact) mass is 367 g/mol. The lowest BCUT2D eigenvalue weighted by Crippen LogP contribution is -2.01. The first-order valence-corrected chi connectivity index (χ1v) is 10.1. The van der Waals surface area contributed by atoms with Crippen LogP contribution in [0.3, 0.4) is 0 Å². The average Bonchev–Trinajstić information content (AvgIpc) is 3.13. The van der Waals surface area contributed by atoms with Crippen molar-refractivity contribution in [1.29, 1.82) is 0 Å². The highest BCUT2D eigenvalue weighted by Crippen LogP contribution is 2.26. The van der Waals surface area contributed by atoms with Gasteiger partial charge in [-0.05, 0) is 23.6 Å². The smallest absolute Gasteiger partial charge is 0.195 e. The number of fused-ring (bicyclic) bond motifs is 1. The van der Waals surface area contributed by atoms with Crippen LogP contribution in [0.15, 0.2) is 85.1 Å². The standard InChI is InChI=1S/C26H25NO/c1-2-3-9-18-27-19-24(23-12-7-8-13-25(23)27)26(28)22-16-14-21(15-17-22)20-10-5-4-6-11-20/h4-8,10-17,19H,2-3,9,18H2,1H3. The third kappa shape index (κ3) is 3.63. The van der Waals surface area contributed by atoms with E-state index >= 15 is 0 Å². The van der Waals surface area contributed by atoms with Gasteiger partial charge >= 0.3 is 0 Å². The normalized spacial score (nSPS) is 11.0. The lowest BCUT2D eigenvalue weighted by atomic mass is 9.99. The fourth-order valence-corrected chi connectivity index (χ4v) is 3.75. The van der Waals surface area contributed by atoms with Crippen molar-refractivity contribution in [3.8, 4) is 11.1 Å². The molecule has 3 aromatic carbocycles. The number of hydrogen-bond donors (Lipinski definition) is 0. The second kappa shape index (κ2) is 8.26. The van der Waals surface area contributed by atoms with E-state index in [0.717, 1.165) is 46.1 Å². The Labute approximate surface area is 166 Å². The van der Waals surface area contributed by atoms with Gasteiger partial charge < -0.3 is 4.57 Å². The minimum Gasteiger partial charge on any atom is -0.347 e. The van der Waals surface area contributed by atoms with E-state index in [0.29, 0.717) is 0 Å². The van der Waals surface area contributed by atoms with Crippen molar-refractivity contribution in [1.82, 2.24) is 4.57 Å². The molecule has 0 aliphatic carbocycles. The Balaban J connectivity index is 1.65. The van der Waals surface area contributed by atoms with Crippen molar-refractivity contribution in [2.75, 3.05) is 0 Å². The van der Waals surface area contributed by atoms with Crippen LogP contribution in [0.4, 0.5) is 0 Å². The van der Waals surface area contributed by atoms with Crippen molar-refractivity contribution < 1.29 is 4.79 Å². The van der Waals surface area contributed by atoms with Gasteiger partial charge in [0, 0.05) is 34.8 Å². The summed E-state index contributed by atoms with van der Waals surface area (Å²) >= 11 is 0. The summed E-state index contributed by atoms with van der Waals surface area (Å²) in [6.07, 6.45) is 5.57. The maximum Gasteiger partial charge on any atom is 0.195 e. The fourth-order valence-electron chi connectivity index (χ4n) is 3.75. The molecule has 28 heavy (non-hydrogen) atoms. The largest absolute Gasteiger partial charge is 0.347 e. The number of carbonyl (C=O) groups excluding carboxylic acids is 1. The maximum absolute atomic E-state index is 13.2. The van der Waals surface area contributed by atoms with E-state index in [2.05, 4.69) is 35.8 Å². The number of nitrogens with zero attached hydrogens (tertiary/aromatic N) is 1. The van der Waals surface area contributed by atoms with Crippen LogP contribution in [0.5, 0.6) is 0 Å². The molecule has 0 aliphatic heterocycles. The molecular weight excluding hydrogens is 342 g/mol. The van der Waals surface area contributed by atoms with Gasteiger partial charge in [0.2, 0.25) is 0 Å². The Morgan fingerprint density at radius 1 is 0.786 bits per heavy atom. The Morgan fingerprint density at radius 2 is 1.46 bits per heavy atom. The molecule has 4 aromatic rings. The zero-order valence-corrected chi connectivity index (χ0v) is 16.3.